The standard InChI is InChI=1S/C15H19BBrFO2/c1-10(11-6-8-12(17)9-7-11)13(18)16-19-14(2,3)15(4,5)20-16/h6-9H,1-5H3. The first-order valence-corrected chi connectivity index (χ1v) is 7.41. The van der Waals surface area contributed by atoms with Crippen LogP contribution in [0.15, 0.2) is 34.5 Å². The number of hydrogen-bond donors (Lipinski definition) is 0. The van der Waals surface area contributed by atoms with Gasteiger partial charge in [0.2, 0.25) is 0 Å². The first-order chi connectivity index (χ1) is 9.14. The van der Waals surface area contributed by atoms with Crippen LogP contribution in [-0.2, 0) is 9.31 Å². The third-order valence-corrected chi connectivity index (χ3v) is 4.62. The predicted molar refractivity (Wildman–Crippen MR) is 83.9 cm³/mol. The third-order valence-electron chi connectivity index (χ3n) is 4.10. The van der Waals surface area contributed by atoms with Gasteiger partial charge in [-0.3, -0.25) is 0 Å². The summed E-state index contributed by atoms with van der Waals surface area (Å²) in [5.74, 6) is 0. The minimum absolute atomic E-state index is 0.369. The first kappa shape index (κ1) is 15.7. The van der Waals surface area contributed by atoms with Crippen LogP contribution in [0, 0.1) is 0 Å². The Labute approximate surface area is 128 Å². The van der Waals surface area contributed by atoms with E-state index in [-0.39, 0.29) is 5.73 Å². The molecule has 0 radical (unpaired) electrons. The van der Waals surface area contributed by atoms with Crippen molar-refractivity contribution in [3.8, 4) is 0 Å². The number of hydrogen-bond acceptors (Lipinski definition) is 2. The normalized spacial score (nSPS) is 21.9. The number of benzene rings is 1. The zero-order valence-corrected chi connectivity index (χ0v) is 14.0. The Morgan fingerprint density at radius 2 is 1.50 bits per heavy atom. The van der Waals surface area contributed by atoms with Gasteiger partial charge in [-0.25, -0.2) is 4.39 Å². The molecular formula is C15H19BBrFO2. The van der Waals surface area contributed by atoms with Crippen molar-refractivity contribution in [2.24, 2.45) is 0 Å². The van der Waals surface area contributed by atoms with Crippen LogP contribution in [0.1, 0.15) is 40.2 Å². The molecule has 20 heavy (non-hydrogen) atoms. The Kier molecular flexibility index (Phi) is 4.16. The van der Waals surface area contributed by atoms with Crippen molar-refractivity contribution in [2.45, 2.75) is 45.8 Å². The van der Waals surface area contributed by atoms with Crippen molar-refractivity contribution in [1.82, 2.24) is 0 Å². The van der Waals surface area contributed by atoms with E-state index in [4.69, 9.17) is 9.31 Å². The second-order valence-electron chi connectivity index (χ2n) is 6.07. The lowest BCUT2D eigenvalue weighted by atomic mass is 9.83. The molecule has 0 saturated carbocycles. The van der Waals surface area contributed by atoms with Crippen LogP contribution in [0.4, 0.5) is 4.39 Å². The van der Waals surface area contributed by atoms with Crippen LogP contribution < -0.4 is 0 Å². The zero-order chi connectivity index (χ0) is 15.1. The van der Waals surface area contributed by atoms with Gasteiger partial charge in [0, 0.05) is 4.47 Å². The molecule has 0 amide bonds. The zero-order valence-electron chi connectivity index (χ0n) is 12.5. The Morgan fingerprint density at radius 3 is 1.95 bits per heavy atom. The van der Waals surface area contributed by atoms with Crippen molar-refractivity contribution in [1.29, 1.82) is 0 Å². The molecule has 1 fully saturated rings. The SMILES string of the molecule is CC(=C(F)B1OC(C)(C)C(C)(C)O1)c1ccc(Br)cc1. The van der Waals surface area contributed by atoms with E-state index in [1.165, 1.54) is 0 Å². The maximum atomic E-state index is 14.6. The molecule has 0 aromatic heterocycles. The lowest BCUT2D eigenvalue weighted by Crippen LogP contribution is -2.41. The van der Waals surface area contributed by atoms with E-state index >= 15 is 0 Å². The van der Waals surface area contributed by atoms with E-state index < -0.39 is 18.3 Å². The van der Waals surface area contributed by atoms with Gasteiger partial charge in [0.1, 0.15) is 5.73 Å². The molecule has 0 spiro atoms. The molecule has 1 aliphatic heterocycles. The maximum absolute atomic E-state index is 14.6. The third kappa shape index (κ3) is 2.85. The summed E-state index contributed by atoms with van der Waals surface area (Å²) in [6, 6.07) is 7.50. The number of rotatable bonds is 2. The summed E-state index contributed by atoms with van der Waals surface area (Å²) >= 11 is 3.37. The van der Waals surface area contributed by atoms with Gasteiger partial charge in [-0.2, -0.15) is 0 Å². The predicted octanol–water partition coefficient (Wildman–Crippen LogP) is 4.78. The van der Waals surface area contributed by atoms with Gasteiger partial charge < -0.3 is 9.31 Å². The van der Waals surface area contributed by atoms with Crippen molar-refractivity contribution in [3.05, 3.63) is 40.0 Å². The summed E-state index contributed by atoms with van der Waals surface area (Å²) in [6.45, 7) is 9.39. The average molecular weight is 341 g/mol. The molecule has 0 atom stereocenters. The molecule has 2 rings (SSSR count). The molecule has 1 aliphatic rings. The maximum Gasteiger partial charge on any atom is 0.525 e. The highest BCUT2D eigenvalue weighted by atomic mass is 79.9. The highest BCUT2D eigenvalue weighted by molar-refractivity contribution is 9.10. The van der Waals surface area contributed by atoms with Crippen LogP contribution in [0.2, 0.25) is 0 Å². The van der Waals surface area contributed by atoms with Gasteiger partial charge in [0.25, 0.3) is 0 Å². The van der Waals surface area contributed by atoms with Gasteiger partial charge in [0.05, 0.1) is 11.2 Å². The molecule has 0 aliphatic carbocycles. The van der Waals surface area contributed by atoms with E-state index in [9.17, 15) is 4.39 Å². The van der Waals surface area contributed by atoms with Crippen LogP contribution in [0.5, 0.6) is 0 Å². The Balaban J connectivity index is 2.29. The second kappa shape index (κ2) is 5.28. The van der Waals surface area contributed by atoms with Gasteiger partial charge >= 0.3 is 7.12 Å². The van der Waals surface area contributed by atoms with Crippen molar-refractivity contribution < 1.29 is 13.7 Å². The fourth-order valence-electron chi connectivity index (χ4n) is 1.96. The quantitative estimate of drug-likeness (QED) is 0.721. The lowest BCUT2D eigenvalue weighted by Gasteiger charge is -2.32. The molecule has 1 heterocycles. The minimum Gasteiger partial charge on any atom is -0.398 e. The van der Waals surface area contributed by atoms with Gasteiger partial charge in [0.15, 0.2) is 0 Å². The highest BCUT2D eigenvalue weighted by Gasteiger charge is 2.53. The van der Waals surface area contributed by atoms with Crippen LogP contribution >= 0.6 is 15.9 Å². The summed E-state index contributed by atoms with van der Waals surface area (Å²) in [5, 5.41) is 0. The van der Waals surface area contributed by atoms with E-state index in [0.29, 0.717) is 5.57 Å². The molecule has 1 aromatic rings. The Hall–Kier alpha value is -0.645. The molecule has 2 nitrogen and oxygen atoms in total. The van der Waals surface area contributed by atoms with Crippen LogP contribution in [0.3, 0.4) is 0 Å². The number of allylic oxidation sites excluding steroid dienone is 1. The molecule has 0 unspecified atom stereocenters. The summed E-state index contributed by atoms with van der Waals surface area (Å²) in [4.78, 5) is 0. The highest BCUT2D eigenvalue weighted by Crippen LogP contribution is 2.40. The summed E-state index contributed by atoms with van der Waals surface area (Å²) < 4.78 is 27.0. The molecular weight excluding hydrogens is 322 g/mol. The van der Waals surface area contributed by atoms with Crippen LogP contribution in [-0.4, -0.2) is 18.3 Å². The summed E-state index contributed by atoms with van der Waals surface area (Å²) in [5.41, 5.74) is -0.0772. The summed E-state index contributed by atoms with van der Waals surface area (Å²) in [6.07, 6.45) is 0. The molecule has 1 aromatic carbocycles. The Morgan fingerprint density at radius 1 is 1.05 bits per heavy atom. The van der Waals surface area contributed by atoms with Crippen molar-refractivity contribution in [3.63, 3.8) is 0 Å². The van der Waals surface area contributed by atoms with Gasteiger partial charge in [-0.15, -0.1) is 0 Å². The topological polar surface area (TPSA) is 18.5 Å². The van der Waals surface area contributed by atoms with Gasteiger partial charge in [-0.05, 0) is 57.9 Å². The minimum atomic E-state index is -0.941. The van der Waals surface area contributed by atoms with E-state index in [1.54, 1.807) is 6.92 Å². The fraction of sp³-hybridized carbons (Fsp3) is 0.467. The van der Waals surface area contributed by atoms with Crippen LogP contribution in [0.25, 0.3) is 5.57 Å². The largest absolute Gasteiger partial charge is 0.525 e. The fourth-order valence-corrected chi connectivity index (χ4v) is 2.23. The molecule has 0 bridgehead atoms. The summed E-state index contributed by atoms with van der Waals surface area (Å²) in [7, 11) is -0.941. The first-order valence-electron chi connectivity index (χ1n) is 6.62. The lowest BCUT2D eigenvalue weighted by molar-refractivity contribution is 0.00578. The smallest absolute Gasteiger partial charge is 0.398 e. The molecule has 5 heteroatoms. The Bertz CT molecular complexity index is 521. The molecule has 1 saturated heterocycles. The molecule has 0 N–H and O–H groups in total. The van der Waals surface area contributed by atoms with E-state index in [1.807, 2.05) is 52.0 Å². The number of halogens is 2. The monoisotopic (exact) mass is 340 g/mol. The second-order valence-corrected chi connectivity index (χ2v) is 6.98. The average Bonchev–Trinajstić information content (AvgIpc) is 2.57. The van der Waals surface area contributed by atoms with Crippen molar-refractivity contribution in [2.75, 3.05) is 0 Å². The molecule has 108 valence electrons. The van der Waals surface area contributed by atoms with E-state index in [0.717, 1.165) is 10.0 Å². The van der Waals surface area contributed by atoms with E-state index in [2.05, 4.69) is 15.9 Å². The van der Waals surface area contributed by atoms with Crippen molar-refractivity contribution >= 4 is 28.6 Å². The van der Waals surface area contributed by atoms with Gasteiger partial charge in [-0.1, -0.05) is 28.1 Å².